The van der Waals surface area contributed by atoms with E-state index in [0.29, 0.717) is 6.42 Å². The van der Waals surface area contributed by atoms with Crippen molar-refractivity contribution < 1.29 is 9.90 Å². The Morgan fingerprint density at radius 3 is 2.82 bits per heavy atom. The van der Waals surface area contributed by atoms with Crippen molar-refractivity contribution in [1.29, 1.82) is 0 Å². The molecule has 1 aliphatic rings. The Hall–Kier alpha value is -1.19. The molecule has 4 nitrogen and oxygen atoms in total. The highest BCUT2D eigenvalue weighted by molar-refractivity contribution is 6.40. The van der Waals surface area contributed by atoms with Crippen LogP contribution in [-0.2, 0) is 4.79 Å². The molecule has 0 aliphatic carbocycles. The predicted octanol–water partition coefficient (Wildman–Crippen LogP) is 1.07. The van der Waals surface area contributed by atoms with E-state index in [4.69, 9.17) is 5.11 Å². The van der Waals surface area contributed by atoms with Crippen molar-refractivity contribution in [3.63, 3.8) is 0 Å². The largest absolute Gasteiger partial charge is 0.477 e. The molecule has 0 amide bonds. The number of aliphatic carboxylic acids is 1. The van der Waals surface area contributed by atoms with Crippen molar-refractivity contribution >= 4 is 17.4 Å². The fourth-order valence-corrected chi connectivity index (χ4v) is 0.940. The summed E-state index contributed by atoms with van der Waals surface area (Å²) in [6.07, 6.45) is 2.25. The van der Waals surface area contributed by atoms with Crippen molar-refractivity contribution in [2.24, 2.45) is 10.2 Å². The summed E-state index contributed by atoms with van der Waals surface area (Å²) in [7, 11) is 0. The molecule has 0 saturated heterocycles. The smallest absolute Gasteiger partial charge is 0.352 e. The van der Waals surface area contributed by atoms with Gasteiger partial charge in [-0.3, -0.25) is 0 Å². The van der Waals surface area contributed by atoms with Gasteiger partial charge in [0.2, 0.25) is 0 Å². The van der Waals surface area contributed by atoms with Gasteiger partial charge in [0, 0.05) is 12.1 Å². The molecule has 0 aromatic heterocycles. The molecule has 1 rings (SSSR count). The van der Waals surface area contributed by atoms with Crippen LogP contribution in [-0.4, -0.2) is 22.5 Å². The second-order valence-electron chi connectivity index (χ2n) is 2.44. The number of carbonyl (C=O) groups is 1. The van der Waals surface area contributed by atoms with Crippen LogP contribution in [0.3, 0.4) is 0 Å². The Bertz CT molecular complexity index is 231. The van der Waals surface area contributed by atoms with Gasteiger partial charge in [0.05, 0.1) is 0 Å². The average molecular weight is 154 g/mol. The monoisotopic (exact) mass is 154 g/mol. The maximum Gasteiger partial charge on any atom is 0.352 e. The standard InChI is InChI=1S/C7H10N2O2/c1-2-3-5-4-6(7(10)11)9-8-5/h2-4H2,1H3,(H,10,11). The third-order valence-corrected chi connectivity index (χ3v) is 1.47. The minimum atomic E-state index is -0.958. The Morgan fingerprint density at radius 1 is 1.64 bits per heavy atom. The molecule has 11 heavy (non-hydrogen) atoms. The van der Waals surface area contributed by atoms with Crippen LogP contribution in [0.5, 0.6) is 0 Å². The van der Waals surface area contributed by atoms with Crippen LogP contribution in [0.2, 0.25) is 0 Å². The summed E-state index contributed by atoms with van der Waals surface area (Å²) in [5, 5.41) is 15.8. The zero-order valence-electron chi connectivity index (χ0n) is 6.37. The van der Waals surface area contributed by atoms with Crippen LogP contribution in [0.25, 0.3) is 0 Å². The summed E-state index contributed by atoms with van der Waals surface area (Å²) in [5.41, 5.74) is 1.04. The second kappa shape index (κ2) is 3.27. The summed E-state index contributed by atoms with van der Waals surface area (Å²) in [4.78, 5) is 10.3. The molecule has 0 spiro atoms. The van der Waals surface area contributed by atoms with Gasteiger partial charge in [-0.1, -0.05) is 13.3 Å². The number of hydrogen-bond acceptors (Lipinski definition) is 3. The van der Waals surface area contributed by atoms with Crippen LogP contribution in [0, 0.1) is 0 Å². The zero-order chi connectivity index (χ0) is 8.27. The molecule has 1 N–H and O–H groups in total. The number of carboxylic acids is 1. The first-order valence-corrected chi connectivity index (χ1v) is 3.59. The first-order valence-electron chi connectivity index (χ1n) is 3.59. The van der Waals surface area contributed by atoms with Gasteiger partial charge in [0.15, 0.2) is 5.71 Å². The van der Waals surface area contributed by atoms with Crippen LogP contribution in [0.4, 0.5) is 0 Å². The lowest BCUT2D eigenvalue weighted by Gasteiger charge is -1.93. The van der Waals surface area contributed by atoms with Gasteiger partial charge < -0.3 is 5.11 Å². The maximum absolute atomic E-state index is 10.3. The molecule has 0 aromatic carbocycles. The van der Waals surface area contributed by atoms with E-state index in [9.17, 15) is 4.79 Å². The number of rotatable bonds is 3. The number of carboxylic acid groups (broad SMARTS) is 1. The molecular weight excluding hydrogens is 144 g/mol. The van der Waals surface area contributed by atoms with Gasteiger partial charge in [-0.25, -0.2) is 4.79 Å². The number of hydrogen-bond donors (Lipinski definition) is 1. The van der Waals surface area contributed by atoms with E-state index in [1.54, 1.807) is 0 Å². The average Bonchev–Trinajstić information content (AvgIpc) is 2.37. The van der Waals surface area contributed by atoms with Gasteiger partial charge in [0.25, 0.3) is 0 Å². The minimum Gasteiger partial charge on any atom is -0.477 e. The first-order chi connectivity index (χ1) is 5.24. The molecule has 1 aliphatic heterocycles. The molecule has 0 fully saturated rings. The fraction of sp³-hybridized carbons (Fsp3) is 0.571. The summed E-state index contributed by atoms with van der Waals surface area (Å²) < 4.78 is 0. The fourth-order valence-electron chi connectivity index (χ4n) is 0.940. The van der Waals surface area contributed by atoms with Crippen molar-refractivity contribution in [2.75, 3.05) is 0 Å². The highest BCUT2D eigenvalue weighted by atomic mass is 16.4. The Kier molecular flexibility index (Phi) is 2.36. The molecular formula is C7H10N2O2. The van der Waals surface area contributed by atoms with Gasteiger partial charge in [0.1, 0.15) is 0 Å². The third-order valence-electron chi connectivity index (χ3n) is 1.47. The SMILES string of the molecule is CCCC1=NN=C(C(=O)O)C1. The van der Waals surface area contributed by atoms with E-state index in [1.807, 2.05) is 6.92 Å². The zero-order valence-corrected chi connectivity index (χ0v) is 6.37. The Balaban J connectivity index is 2.45. The van der Waals surface area contributed by atoms with Crippen molar-refractivity contribution in [2.45, 2.75) is 26.2 Å². The molecule has 0 atom stereocenters. The molecule has 0 bridgehead atoms. The van der Waals surface area contributed by atoms with E-state index in [-0.39, 0.29) is 5.71 Å². The van der Waals surface area contributed by atoms with Gasteiger partial charge in [-0.15, -0.1) is 5.10 Å². The van der Waals surface area contributed by atoms with Crippen LogP contribution < -0.4 is 0 Å². The normalized spacial score (nSPS) is 16.1. The minimum absolute atomic E-state index is 0.161. The Morgan fingerprint density at radius 2 is 2.36 bits per heavy atom. The summed E-state index contributed by atoms with van der Waals surface area (Å²) in [6, 6.07) is 0. The highest BCUT2D eigenvalue weighted by Gasteiger charge is 2.17. The molecule has 0 unspecified atom stereocenters. The summed E-state index contributed by atoms with van der Waals surface area (Å²) in [6.45, 7) is 2.03. The number of nitrogens with zero attached hydrogens (tertiary/aromatic N) is 2. The van der Waals surface area contributed by atoms with Crippen molar-refractivity contribution in [3.8, 4) is 0 Å². The van der Waals surface area contributed by atoms with Crippen molar-refractivity contribution in [1.82, 2.24) is 0 Å². The van der Waals surface area contributed by atoms with Crippen LogP contribution in [0.15, 0.2) is 10.2 Å². The van der Waals surface area contributed by atoms with Crippen molar-refractivity contribution in [3.05, 3.63) is 0 Å². The second-order valence-corrected chi connectivity index (χ2v) is 2.44. The summed E-state index contributed by atoms with van der Waals surface area (Å²) >= 11 is 0. The molecule has 0 aromatic rings. The van der Waals surface area contributed by atoms with Gasteiger partial charge >= 0.3 is 5.97 Å². The third kappa shape index (κ3) is 1.86. The topological polar surface area (TPSA) is 62.0 Å². The molecule has 60 valence electrons. The lowest BCUT2D eigenvalue weighted by atomic mass is 10.1. The van der Waals surface area contributed by atoms with Gasteiger partial charge in [-0.2, -0.15) is 5.10 Å². The van der Waals surface area contributed by atoms with Gasteiger partial charge in [-0.05, 0) is 6.42 Å². The molecule has 0 radical (unpaired) electrons. The Labute approximate surface area is 64.6 Å². The molecule has 0 saturated carbocycles. The summed E-state index contributed by atoms with van der Waals surface area (Å²) in [5.74, 6) is -0.958. The molecule has 4 heteroatoms. The predicted molar refractivity (Wildman–Crippen MR) is 42.0 cm³/mol. The highest BCUT2D eigenvalue weighted by Crippen LogP contribution is 2.07. The van der Waals surface area contributed by atoms with E-state index >= 15 is 0 Å². The van der Waals surface area contributed by atoms with E-state index in [1.165, 1.54) is 0 Å². The van der Waals surface area contributed by atoms with E-state index < -0.39 is 5.97 Å². The lowest BCUT2D eigenvalue weighted by Crippen LogP contribution is -2.13. The van der Waals surface area contributed by atoms with Crippen LogP contribution in [0.1, 0.15) is 26.2 Å². The molecule has 1 heterocycles. The lowest BCUT2D eigenvalue weighted by molar-refractivity contribution is -0.129. The van der Waals surface area contributed by atoms with E-state index in [0.717, 1.165) is 18.6 Å². The van der Waals surface area contributed by atoms with Crippen LogP contribution >= 0.6 is 0 Å². The maximum atomic E-state index is 10.3. The quantitative estimate of drug-likeness (QED) is 0.660. The first kappa shape index (κ1) is 7.91. The van der Waals surface area contributed by atoms with E-state index in [2.05, 4.69) is 10.2 Å².